The van der Waals surface area contributed by atoms with Crippen molar-refractivity contribution in [2.75, 3.05) is 6.61 Å². The lowest BCUT2D eigenvalue weighted by atomic mass is 10.0. The van der Waals surface area contributed by atoms with Gasteiger partial charge in [0.05, 0.1) is 12.2 Å². The number of unbranched alkanes of at least 4 members (excludes halogenated alkanes) is 1. The second kappa shape index (κ2) is 8.49. The lowest BCUT2D eigenvalue weighted by Gasteiger charge is -2.16. The van der Waals surface area contributed by atoms with Gasteiger partial charge in [0.1, 0.15) is 28.7 Å². The van der Waals surface area contributed by atoms with Crippen LogP contribution in [0.25, 0.3) is 11.4 Å². The van der Waals surface area contributed by atoms with Crippen molar-refractivity contribution in [2.24, 2.45) is 0 Å². The number of imidazole rings is 1. The van der Waals surface area contributed by atoms with Gasteiger partial charge in [-0.1, -0.05) is 31.5 Å². The summed E-state index contributed by atoms with van der Waals surface area (Å²) >= 11 is 0. The molecule has 0 bridgehead atoms. The first-order valence-electron chi connectivity index (χ1n) is 8.84. The molecule has 0 radical (unpaired) electrons. The van der Waals surface area contributed by atoms with E-state index in [0.29, 0.717) is 18.2 Å². The van der Waals surface area contributed by atoms with E-state index in [2.05, 4.69) is 9.97 Å². The van der Waals surface area contributed by atoms with Gasteiger partial charge in [0.2, 0.25) is 0 Å². The Morgan fingerprint density at radius 1 is 1.26 bits per heavy atom. The quantitative estimate of drug-likeness (QED) is 0.365. The van der Waals surface area contributed by atoms with E-state index in [1.165, 1.54) is 13.0 Å². The van der Waals surface area contributed by atoms with Gasteiger partial charge in [-0.2, -0.15) is 0 Å². The maximum Gasteiger partial charge on any atom is 0.347 e. The average Bonchev–Trinajstić information content (AvgIpc) is 3.20. The molecular weight excluding hydrogens is 347 g/mol. The third-order valence-corrected chi connectivity index (χ3v) is 4.13. The van der Waals surface area contributed by atoms with E-state index in [1.54, 1.807) is 36.7 Å². The van der Waals surface area contributed by atoms with Crippen LogP contribution in [0, 0.1) is 12.7 Å². The summed E-state index contributed by atoms with van der Waals surface area (Å²) < 4.78 is 26.2. The summed E-state index contributed by atoms with van der Waals surface area (Å²) in [6.45, 7) is 4.00. The largest absolute Gasteiger partial charge is 0.493 e. The minimum absolute atomic E-state index is 0.0859. The molecule has 1 aromatic heterocycles. The van der Waals surface area contributed by atoms with Crippen LogP contribution in [0.15, 0.2) is 48.8 Å². The Balaban J connectivity index is 2.02. The fourth-order valence-electron chi connectivity index (χ4n) is 2.69. The van der Waals surface area contributed by atoms with Crippen LogP contribution < -0.4 is 9.47 Å². The van der Waals surface area contributed by atoms with Crippen LogP contribution in [0.4, 0.5) is 4.39 Å². The Kier molecular flexibility index (Phi) is 5.86. The number of hydrogen-bond donors (Lipinski definition) is 1. The third kappa shape index (κ3) is 4.16. The zero-order valence-corrected chi connectivity index (χ0v) is 15.3. The van der Waals surface area contributed by atoms with Crippen molar-refractivity contribution >= 4 is 5.97 Å². The number of aromatic amines is 1. The smallest absolute Gasteiger partial charge is 0.347 e. The van der Waals surface area contributed by atoms with Gasteiger partial charge in [-0.15, -0.1) is 0 Å². The number of nitrogens with zero attached hydrogens (tertiary/aromatic N) is 1. The topological polar surface area (TPSA) is 64.2 Å². The lowest BCUT2D eigenvalue weighted by Crippen LogP contribution is -2.15. The number of ether oxygens (including phenoxy) is 2. The Labute approximate surface area is 157 Å². The van der Waals surface area contributed by atoms with Crippen LogP contribution in [-0.4, -0.2) is 22.5 Å². The molecule has 1 N–H and O–H groups in total. The molecule has 3 aromatic rings. The van der Waals surface area contributed by atoms with Crippen LogP contribution in [0.3, 0.4) is 0 Å². The lowest BCUT2D eigenvalue weighted by molar-refractivity contribution is 0.0728. The molecule has 140 valence electrons. The van der Waals surface area contributed by atoms with Gasteiger partial charge in [-0.25, -0.2) is 14.2 Å². The molecule has 1 heterocycles. The molecule has 6 heteroatoms. The van der Waals surface area contributed by atoms with E-state index in [0.717, 1.165) is 12.8 Å². The summed E-state index contributed by atoms with van der Waals surface area (Å²) in [6.07, 6.45) is 4.91. The van der Waals surface area contributed by atoms with Gasteiger partial charge in [-0.05, 0) is 31.5 Å². The van der Waals surface area contributed by atoms with Crippen LogP contribution >= 0.6 is 0 Å². The molecule has 0 spiro atoms. The number of H-pyrrole nitrogens is 1. The van der Waals surface area contributed by atoms with Gasteiger partial charge in [0.15, 0.2) is 0 Å². The molecule has 27 heavy (non-hydrogen) atoms. The SMILES string of the molecule is CCCCOc1cc(-c2ncc[nH]2)c(F)c(C)c1C(=O)Oc1ccccc1. The van der Waals surface area contributed by atoms with E-state index in [-0.39, 0.29) is 22.4 Å². The number of halogens is 1. The minimum Gasteiger partial charge on any atom is -0.493 e. The molecule has 0 saturated carbocycles. The fraction of sp³-hybridized carbons (Fsp3) is 0.238. The van der Waals surface area contributed by atoms with Crippen LogP contribution in [0.1, 0.15) is 35.7 Å². The van der Waals surface area contributed by atoms with Crippen molar-refractivity contribution in [2.45, 2.75) is 26.7 Å². The first kappa shape index (κ1) is 18.6. The highest BCUT2D eigenvalue weighted by molar-refractivity contribution is 5.96. The van der Waals surface area contributed by atoms with Crippen LogP contribution in [0.5, 0.6) is 11.5 Å². The molecule has 0 atom stereocenters. The molecule has 0 fully saturated rings. The molecule has 0 amide bonds. The van der Waals surface area contributed by atoms with E-state index in [1.807, 2.05) is 13.0 Å². The predicted molar refractivity (Wildman–Crippen MR) is 101 cm³/mol. The monoisotopic (exact) mass is 368 g/mol. The Bertz CT molecular complexity index is 909. The fourth-order valence-corrected chi connectivity index (χ4v) is 2.69. The number of hydrogen-bond acceptors (Lipinski definition) is 4. The molecule has 0 aliphatic rings. The summed E-state index contributed by atoms with van der Waals surface area (Å²) in [5, 5.41) is 0. The first-order valence-corrected chi connectivity index (χ1v) is 8.84. The summed E-state index contributed by atoms with van der Waals surface area (Å²) in [4.78, 5) is 19.7. The highest BCUT2D eigenvalue weighted by atomic mass is 19.1. The number of nitrogens with one attached hydrogen (secondary N) is 1. The van der Waals surface area contributed by atoms with E-state index in [4.69, 9.17) is 9.47 Å². The zero-order valence-electron chi connectivity index (χ0n) is 15.3. The van der Waals surface area contributed by atoms with E-state index < -0.39 is 11.8 Å². The first-order chi connectivity index (χ1) is 13.1. The van der Waals surface area contributed by atoms with Crippen LogP contribution in [-0.2, 0) is 0 Å². The normalized spacial score (nSPS) is 10.6. The summed E-state index contributed by atoms with van der Waals surface area (Å²) in [6, 6.07) is 10.2. The van der Waals surface area contributed by atoms with Gasteiger partial charge >= 0.3 is 5.97 Å². The Morgan fingerprint density at radius 3 is 2.70 bits per heavy atom. The van der Waals surface area contributed by atoms with E-state index in [9.17, 15) is 9.18 Å². The predicted octanol–water partition coefficient (Wildman–Crippen LogP) is 4.92. The zero-order chi connectivity index (χ0) is 19.2. The molecule has 3 rings (SSSR count). The molecule has 0 aliphatic heterocycles. The number of para-hydroxylation sites is 1. The summed E-state index contributed by atoms with van der Waals surface area (Å²) in [5.41, 5.74) is 0.499. The number of carbonyl (C=O) groups excluding carboxylic acids is 1. The summed E-state index contributed by atoms with van der Waals surface area (Å²) in [7, 11) is 0. The highest BCUT2D eigenvalue weighted by Crippen LogP contribution is 2.33. The van der Waals surface area contributed by atoms with Crippen molar-refractivity contribution in [3.63, 3.8) is 0 Å². The minimum atomic E-state index is -0.657. The van der Waals surface area contributed by atoms with Crippen molar-refractivity contribution in [1.29, 1.82) is 0 Å². The molecule has 2 aromatic carbocycles. The molecule has 0 saturated heterocycles. The summed E-state index contributed by atoms with van der Waals surface area (Å²) in [5.74, 6) is -0.145. The second-order valence-electron chi connectivity index (χ2n) is 6.08. The third-order valence-electron chi connectivity index (χ3n) is 4.13. The van der Waals surface area contributed by atoms with Crippen molar-refractivity contribution < 1.29 is 18.7 Å². The number of benzene rings is 2. The van der Waals surface area contributed by atoms with Crippen LogP contribution in [0.2, 0.25) is 0 Å². The van der Waals surface area contributed by atoms with Crippen molar-refractivity contribution in [3.05, 3.63) is 65.7 Å². The van der Waals surface area contributed by atoms with Gasteiger partial charge in [-0.3, -0.25) is 0 Å². The Morgan fingerprint density at radius 2 is 2.04 bits per heavy atom. The average molecular weight is 368 g/mol. The standard InChI is InChI=1S/C21H21FN2O3/c1-3-4-12-26-17-13-16(20-23-10-11-24-20)19(22)14(2)18(17)21(25)27-15-8-6-5-7-9-15/h5-11,13H,3-4,12H2,1-2H3,(H,23,24). The van der Waals surface area contributed by atoms with E-state index >= 15 is 0 Å². The Hall–Kier alpha value is -3.15. The number of aromatic nitrogens is 2. The maximum atomic E-state index is 15.0. The number of esters is 1. The molecule has 5 nitrogen and oxygen atoms in total. The molecule has 0 unspecified atom stereocenters. The van der Waals surface area contributed by atoms with Crippen molar-refractivity contribution in [3.8, 4) is 22.9 Å². The van der Waals surface area contributed by atoms with Gasteiger partial charge in [0.25, 0.3) is 0 Å². The van der Waals surface area contributed by atoms with Gasteiger partial charge in [0, 0.05) is 18.0 Å². The number of carbonyl (C=O) groups is 1. The van der Waals surface area contributed by atoms with Crippen molar-refractivity contribution in [1.82, 2.24) is 9.97 Å². The molecular formula is C21H21FN2O3. The van der Waals surface area contributed by atoms with Gasteiger partial charge < -0.3 is 14.5 Å². The number of rotatable bonds is 7. The maximum absolute atomic E-state index is 15.0. The second-order valence-corrected chi connectivity index (χ2v) is 6.08. The molecule has 0 aliphatic carbocycles. The highest BCUT2D eigenvalue weighted by Gasteiger charge is 2.25.